The Hall–Kier alpha value is -5.02. The lowest BCUT2D eigenvalue weighted by atomic mass is 9.89. The van der Waals surface area contributed by atoms with Gasteiger partial charge in [0.05, 0.1) is 6.61 Å². The van der Waals surface area contributed by atoms with E-state index in [2.05, 4.69) is 20.9 Å². The standard InChI is InChI=1S/C40H43N3O6/c1-3-47-38(44)13-6-7-23-43(35-11-8-10-32-31(35)19-20-33(41-32)40(45)46)24-22-29-9-4-5-12-36(29)48-26-28-15-17-30(18-16-28)39-42-34-25-27(2)14-21-37(34)49-39/h4-5,9,12,14-21,25,35H,3,6-8,10-11,13,22-24,26H2,1-2H3,(H,45,46). The summed E-state index contributed by atoms with van der Waals surface area (Å²) in [4.78, 5) is 35.2. The van der Waals surface area contributed by atoms with Crippen molar-refractivity contribution in [1.29, 1.82) is 0 Å². The van der Waals surface area contributed by atoms with Crippen LogP contribution >= 0.6 is 0 Å². The number of aryl methyl sites for hydroxylation is 2. The lowest BCUT2D eigenvalue weighted by Crippen LogP contribution is -2.34. The van der Waals surface area contributed by atoms with Gasteiger partial charge in [0.25, 0.3) is 0 Å². The van der Waals surface area contributed by atoms with E-state index in [0.717, 1.165) is 102 Å². The first-order valence-electron chi connectivity index (χ1n) is 17.2. The minimum absolute atomic E-state index is 0.0855. The third-order valence-corrected chi connectivity index (χ3v) is 9.08. The Morgan fingerprint density at radius 2 is 1.82 bits per heavy atom. The maximum atomic E-state index is 12.0. The van der Waals surface area contributed by atoms with Gasteiger partial charge in [0.15, 0.2) is 5.58 Å². The molecule has 1 atom stereocenters. The molecule has 0 saturated heterocycles. The first kappa shape index (κ1) is 33.9. The maximum Gasteiger partial charge on any atom is 0.354 e. The predicted molar refractivity (Wildman–Crippen MR) is 188 cm³/mol. The minimum Gasteiger partial charge on any atom is -0.489 e. The van der Waals surface area contributed by atoms with Gasteiger partial charge in [0.2, 0.25) is 5.89 Å². The number of hydrogen-bond donors (Lipinski definition) is 1. The van der Waals surface area contributed by atoms with Gasteiger partial charge in [-0.05, 0) is 118 Å². The van der Waals surface area contributed by atoms with E-state index in [1.165, 1.54) is 0 Å². The molecule has 2 aromatic heterocycles. The molecule has 0 spiro atoms. The van der Waals surface area contributed by atoms with Crippen molar-refractivity contribution in [1.82, 2.24) is 14.9 Å². The monoisotopic (exact) mass is 661 g/mol. The van der Waals surface area contributed by atoms with E-state index in [4.69, 9.17) is 13.9 Å². The lowest BCUT2D eigenvalue weighted by Gasteiger charge is -2.36. The molecule has 0 radical (unpaired) electrons. The number of aromatic carboxylic acids is 1. The zero-order chi connectivity index (χ0) is 34.2. The zero-order valence-corrected chi connectivity index (χ0v) is 28.2. The molecule has 0 amide bonds. The number of fused-ring (bicyclic) bond motifs is 2. The molecule has 49 heavy (non-hydrogen) atoms. The van der Waals surface area contributed by atoms with Crippen LogP contribution in [0.1, 0.15) is 83.5 Å². The number of carboxylic acids is 1. The Morgan fingerprint density at radius 3 is 2.63 bits per heavy atom. The fraction of sp³-hybridized carbons (Fsp3) is 0.350. The maximum absolute atomic E-state index is 12.0. The highest BCUT2D eigenvalue weighted by Crippen LogP contribution is 2.35. The largest absolute Gasteiger partial charge is 0.489 e. The van der Waals surface area contributed by atoms with Crippen molar-refractivity contribution >= 4 is 23.0 Å². The molecule has 1 N–H and O–H groups in total. The van der Waals surface area contributed by atoms with Gasteiger partial charge in [0.1, 0.15) is 23.6 Å². The number of carboxylic acid groups (broad SMARTS) is 1. The van der Waals surface area contributed by atoms with Crippen LogP contribution in [0.25, 0.3) is 22.6 Å². The number of para-hydroxylation sites is 1. The summed E-state index contributed by atoms with van der Waals surface area (Å²) in [5, 5.41) is 9.50. The molecule has 0 aliphatic heterocycles. The molecular formula is C40H43N3O6. The molecule has 3 aromatic carbocycles. The van der Waals surface area contributed by atoms with Crippen LogP contribution in [0.4, 0.5) is 0 Å². The van der Waals surface area contributed by atoms with E-state index in [0.29, 0.717) is 25.5 Å². The van der Waals surface area contributed by atoms with Gasteiger partial charge in [-0.1, -0.05) is 42.5 Å². The van der Waals surface area contributed by atoms with Crippen molar-refractivity contribution in [3.63, 3.8) is 0 Å². The average Bonchev–Trinajstić information content (AvgIpc) is 3.54. The van der Waals surface area contributed by atoms with Crippen LogP contribution in [0.2, 0.25) is 0 Å². The third-order valence-electron chi connectivity index (χ3n) is 9.08. The molecule has 1 aliphatic rings. The smallest absolute Gasteiger partial charge is 0.354 e. The summed E-state index contributed by atoms with van der Waals surface area (Å²) in [6, 6.07) is 25.9. The first-order chi connectivity index (χ1) is 23.9. The van der Waals surface area contributed by atoms with Crippen molar-refractivity contribution in [3.05, 3.63) is 113 Å². The minimum atomic E-state index is -1.01. The normalized spacial score (nSPS) is 14.1. The molecular weight excluding hydrogens is 618 g/mol. The fourth-order valence-corrected chi connectivity index (χ4v) is 6.55. The van der Waals surface area contributed by atoms with E-state index < -0.39 is 5.97 Å². The second-order valence-electron chi connectivity index (χ2n) is 12.6. The first-order valence-corrected chi connectivity index (χ1v) is 17.2. The van der Waals surface area contributed by atoms with Gasteiger partial charge in [-0.2, -0.15) is 0 Å². The van der Waals surface area contributed by atoms with Gasteiger partial charge < -0.3 is 19.0 Å². The molecule has 0 saturated carbocycles. The summed E-state index contributed by atoms with van der Waals surface area (Å²) in [5.41, 5.74) is 7.90. The van der Waals surface area contributed by atoms with Gasteiger partial charge in [-0.15, -0.1) is 0 Å². The van der Waals surface area contributed by atoms with Gasteiger partial charge in [-0.25, -0.2) is 14.8 Å². The van der Waals surface area contributed by atoms with Gasteiger partial charge >= 0.3 is 11.9 Å². The second kappa shape index (κ2) is 15.9. The van der Waals surface area contributed by atoms with Gasteiger partial charge in [0, 0.05) is 30.3 Å². The number of carbonyl (C=O) groups is 2. The van der Waals surface area contributed by atoms with Crippen molar-refractivity contribution in [3.8, 4) is 17.2 Å². The molecule has 9 heteroatoms. The number of unbranched alkanes of at least 4 members (excludes halogenated alkanes) is 1. The van der Waals surface area contributed by atoms with Crippen LogP contribution in [-0.4, -0.2) is 51.6 Å². The van der Waals surface area contributed by atoms with Crippen molar-refractivity contribution in [2.75, 3.05) is 19.7 Å². The molecule has 5 aromatic rings. The third kappa shape index (κ3) is 8.53. The van der Waals surface area contributed by atoms with Crippen LogP contribution in [0.15, 0.2) is 83.3 Å². The molecule has 2 heterocycles. The molecule has 1 unspecified atom stereocenters. The highest BCUT2D eigenvalue weighted by molar-refractivity contribution is 5.85. The van der Waals surface area contributed by atoms with E-state index in [-0.39, 0.29) is 17.7 Å². The SMILES string of the molecule is CCOC(=O)CCCCN(CCc1ccccc1OCc1ccc(-c2nc3cc(C)ccc3o2)cc1)C1CCCc2nc(C(=O)O)ccc21. The second-order valence-corrected chi connectivity index (χ2v) is 12.6. The number of esters is 1. The van der Waals surface area contributed by atoms with E-state index in [1.807, 2.05) is 80.6 Å². The summed E-state index contributed by atoms with van der Waals surface area (Å²) < 4.78 is 17.5. The van der Waals surface area contributed by atoms with Crippen LogP contribution < -0.4 is 4.74 Å². The Kier molecular flexibility index (Phi) is 11.0. The average molecular weight is 662 g/mol. The molecule has 9 nitrogen and oxygen atoms in total. The molecule has 0 bridgehead atoms. The van der Waals surface area contributed by atoms with E-state index in [1.54, 1.807) is 6.07 Å². The lowest BCUT2D eigenvalue weighted by molar-refractivity contribution is -0.143. The Morgan fingerprint density at radius 1 is 0.980 bits per heavy atom. The summed E-state index contributed by atoms with van der Waals surface area (Å²) >= 11 is 0. The molecule has 6 rings (SSSR count). The highest BCUT2D eigenvalue weighted by atomic mass is 16.5. The number of benzene rings is 3. The quantitative estimate of drug-likeness (QED) is 0.0877. The zero-order valence-electron chi connectivity index (χ0n) is 28.2. The van der Waals surface area contributed by atoms with Crippen molar-refractivity contribution in [2.24, 2.45) is 0 Å². The highest BCUT2D eigenvalue weighted by Gasteiger charge is 2.28. The Labute approximate surface area is 286 Å². The van der Waals surface area contributed by atoms with Gasteiger partial charge in [-0.3, -0.25) is 9.69 Å². The molecule has 1 aliphatic carbocycles. The number of nitrogens with zero attached hydrogens (tertiary/aromatic N) is 3. The number of ether oxygens (including phenoxy) is 2. The van der Waals surface area contributed by atoms with E-state index >= 15 is 0 Å². The number of pyridine rings is 1. The summed E-state index contributed by atoms with van der Waals surface area (Å²) in [7, 11) is 0. The summed E-state index contributed by atoms with van der Waals surface area (Å²) in [5.74, 6) is 0.276. The van der Waals surface area contributed by atoms with Crippen molar-refractivity contribution in [2.45, 2.75) is 71.4 Å². The van der Waals surface area contributed by atoms with Crippen LogP contribution in [0, 0.1) is 6.92 Å². The Bertz CT molecular complexity index is 1900. The molecule has 254 valence electrons. The predicted octanol–water partition coefficient (Wildman–Crippen LogP) is 8.13. The number of oxazole rings is 1. The summed E-state index contributed by atoms with van der Waals surface area (Å²) in [6.45, 7) is 6.27. The van der Waals surface area contributed by atoms with E-state index in [9.17, 15) is 14.7 Å². The summed E-state index contributed by atoms with van der Waals surface area (Å²) in [6.07, 6.45) is 5.46. The van der Waals surface area contributed by atoms with Crippen molar-refractivity contribution < 1.29 is 28.6 Å². The van der Waals surface area contributed by atoms with Crippen LogP contribution in [-0.2, 0) is 29.0 Å². The number of hydrogen-bond acceptors (Lipinski definition) is 8. The van der Waals surface area contributed by atoms with Crippen LogP contribution in [0.3, 0.4) is 0 Å². The van der Waals surface area contributed by atoms with Crippen LogP contribution in [0.5, 0.6) is 5.75 Å². The number of rotatable bonds is 15. The topological polar surface area (TPSA) is 115 Å². The molecule has 0 fully saturated rings. The fourth-order valence-electron chi connectivity index (χ4n) is 6.55. The number of aromatic nitrogens is 2. The number of carbonyl (C=O) groups excluding carboxylic acids is 1. The Balaban J connectivity index is 1.12.